The summed E-state index contributed by atoms with van der Waals surface area (Å²) in [5, 5.41) is 11.9. The molecule has 14 heavy (non-hydrogen) atoms. The number of hydrogen-bond acceptors (Lipinski definition) is 2. The van der Waals surface area contributed by atoms with Crippen LogP contribution in [0.15, 0.2) is 27.1 Å². The first-order valence-electron chi connectivity index (χ1n) is 4.28. The minimum absolute atomic E-state index is 0.132. The maximum atomic E-state index is 8.80. The van der Waals surface area contributed by atoms with Gasteiger partial charge in [-0.3, -0.25) is 0 Å². The van der Waals surface area contributed by atoms with E-state index in [1.54, 1.807) is 0 Å². The van der Waals surface area contributed by atoms with Crippen LogP contribution in [0.5, 0.6) is 0 Å². The monoisotopic (exact) mass is 316 g/mol. The van der Waals surface area contributed by atoms with E-state index in [0.29, 0.717) is 0 Å². The smallest absolute Gasteiger partial charge is 0.114 e. The van der Waals surface area contributed by atoms with Crippen molar-refractivity contribution < 1.29 is 0 Å². The van der Waals surface area contributed by atoms with E-state index in [-0.39, 0.29) is 6.04 Å². The number of anilines is 1. The summed E-state index contributed by atoms with van der Waals surface area (Å²) >= 11 is 6.81. The molecule has 4 heteroatoms. The van der Waals surface area contributed by atoms with Gasteiger partial charge >= 0.3 is 0 Å². The molecule has 0 saturated heterocycles. The first-order valence-corrected chi connectivity index (χ1v) is 5.87. The van der Waals surface area contributed by atoms with Crippen LogP contribution in [-0.4, -0.2) is 6.04 Å². The van der Waals surface area contributed by atoms with Crippen LogP contribution in [0.2, 0.25) is 0 Å². The number of hydrogen-bond donors (Lipinski definition) is 1. The summed E-state index contributed by atoms with van der Waals surface area (Å²) in [6.45, 7) is 1.98. The SMILES string of the molecule is CCC(C#N)Nc1ccc(Br)cc1Br. The van der Waals surface area contributed by atoms with Crippen LogP contribution >= 0.6 is 31.9 Å². The Kier molecular flexibility index (Phi) is 4.43. The second kappa shape index (κ2) is 5.38. The maximum Gasteiger partial charge on any atom is 0.114 e. The highest BCUT2D eigenvalue weighted by atomic mass is 79.9. The number of halogens is 2. The molecule has 1 N–H and O–H groups in total. The molecule has 0 aliphatic heterocycles. The molecule has 0 heterocycles. The summed E-state index contributed by atoms with van der Waals surface area (Å²) < 4.78 is 1.97. The summed E-state index contributed by atoms with van der Waals surface area (Å²) in [6, 6.07) is 7.90. The van der Waals surface area contributed by atoms with Crippen LogP contribution in [0, 0.1) is 11.3 Å². The molecule has 0 aliphatic rings. The van der Waals surface area contributed by atoms with Crippen molar-refractivity contribution in [2.45, 2.75) is 19.4 Å². The highest BCUT2D eigenvalue weighted by Crippen LogP contribution is 2.26. The van der Waals surface area contributed by atoms with Crippen LogP contribution in [0.4, 0.5) is 5.69 Å². The lowest BCUT2D eigenvalue weighted by Crippen LogP contribution is -2.15. The van der Waals surface area contributed by atoms with Gasteiger partial charge in [0.2, 0.25) is 0 Å². The Morgan fingerprint density at radius 1 is 1.50 bits per heavy atom. The molecule has 1 aromatic rings. The van der Waals surface area contributed by atoms with Gasteiger partial charge in [-0.2, -0.15) is 5.26 Å². The molecular formula is C10H10Br2N2. The molecule has 0 radical (unpaired) electrons. The van der Waals surface area contributed by atoms with E-state index >= 15 is 0 Å². The fraction of sp³-hybridized carbons (Fsp3) is 0.300. The third-order valence-corrected chi connectivity index (χ3v) is 2.97. The van der Waals surface area contributed by atoms with Gasteiger partial charge in [0, 0.05) is 14.6 Å². The molecular weight excluding hydrogens is 308 g/mol. The van der Waals surface area contributed by atoms with E-state index in [2.05, 4.69) is 43.2 Å². The zero-order valence-electron chi connectivity index (χ0n) is 7.72. The Morgan fingerprint density at radius 2 is 2.21 bits per heavy atom. The van der Waals surface area contributed by atoms with Gasteiger partial charge in [-0.1, -0.05) is 22.9 Å². The lowest BCUT2D eigenvalue weighted by atomic mass is 10.2. The molecule has 0 aliphatic carbocycles. The first kappa shape index (κ1) is 11.5. The lowest BCUT2D eigenvalue weighted by Gasteiger charge is -2.12. The van der Waals surface area contributed by atoms with Crippen LogP contribution in [0.25, 0.3) is 0 Å². The Balaban J connectivity index is 2.82. The predicted molar refractivity (Wildman–Crippen MR) is 65.2 cm³/mol. The van der Waals surface area contributed by atoms with Crippen molar-refractivity contribution in [1.82, 2.24) is 0 Å². The van der Waals surface area contributed by atoms with Crippen molar-refractivity contribution in [3.8, 4) is 6.07 Å². The minimum Gasteiger partial charge on any atom is -0.369 e. The van der Waals surface area contributed by atoms with Crippen molar-refractivity contribution in [2.24, 2.45) is 0 Å². The van der Waals surface area contributed by atoms with E-state index in [1.165, 1.54) is 0 Å². The van der Waals surface area contributed by atoms with Gasteiger partial charge in [-0.25, -0.2) is 0 Å². The van der Waals surface area contributed by atoms with Crippen LogP contribution in [0.1, 0.15) is 13.3 Å². The van der Waals surface area contributed by atoms with Crippen molar-refractivity contribution in [2.75, 3.05) is 5.32 Å². The summed E-state index contributed by atoms with van der Waals surface area (Å²) in [5.41, 5.74) is 0.946. The third-order valence-electron chi connectivity index (χ3n) is 1.82. The van der Waals surface area contributed by atoms with Crippen LogP contribution < -0.4 is 5.32 Å². The second-order valence-corrected chi connectivity index (χ2v) is 4.63. The molecule has 1 unspecified atom stereocenters. The lowest BCUT2D eigenvalue weighted by molar-refractivity contribution is 0.844. The zero-order valence-corrected chi connectivity index (χ0v) is 10.9. The van der Waals surface area contributed by atoms with Gasteiger partial charge in [0.05, 0.1) is 6.07 Å². The minimum atomic E-state index is -0.132. The number of nitrogens with zero attached hydrogens (tertiary/aromatic N) is 1. The van der Waals surface area contributed by atoms with Gasteiger partial charge in [0.25, 0.3) is 0 Å². The fourth-order valence-corrected chi connectivity index (χ4v) is 2.18. The molecule has 1 rings (SSSR count). The quantitative estimate of drug-likeness (QED) is 0.917. The molecule has 0 spiro atoms. The molecule has 1 atom stereocenters. The average Bonchev–Trinajstić information content (AvgIpc) is 2.17. The number of benzene rings is 1. The van der Waals surface area contributed by atoms with E-state index in [1.807, 2.05) is 25.1 Å². The Morgan fingerprint density at radius 3 is 2.71 bits per heavy atom. The van der Waals surface area contributed by atoms with Gasteiger partial charge in [0.1, 0.15) is 6.04 Å². The summed E-state index contributed by atoms with van der Waals surface area (Å²) in [6.07, 6.45) is 0.791. The molecule has 0 bridgehead atoms. The Bertz CT molecular complexity index is 358. The number of rotatable bonds is 3. The molecule has 0 fully saturated rings. The van der Waals surface area contributed by atoms with Crippen molar-refractivity contribution in [3.63, 3.8) is 0 Å². The van der Waals surface area contributed by atoms with Crippen molar-refractivity contribution >= 4 is 37.5 Å². The molecule has 0 aromatic heterocycles. The van der Waals surface area contributed by atoms with Crippen LogP contribution in [0.3, 0.4) is 0 Å². The second-order valence-electron chi connectivity index (χ2n) is 2.86. The average molecular weight is 318 g/mol. The van der Waals surface area contributed by atoms with Gasteiger partial charge in [-0.05, 0) is 40.5 Å². The number of nitriles is 1. The topological polar surface area (TPSA) is 35.8 Å². The molecule has 0 saturated carbocycles. The molecule has 1 aromatic carbocycles. The van der Waals surface area contributed by atoms with Crippen molar-refractivity contribution in [1.29, 1.82) is 5.26 Å². The maximum absolute atomic E-state index is 8.80. The summed E-state index contributed by atoms with van der Waals surface area (Å²) in [5.74, 6) is 0. The fourth-order valence-electron chi connectivity index (χ4n) is 1.02. The Hall–Kier alpha value is -0.530. The van der Waals surface area contributed by atoms with E-state index in [4.69, 9.17) is 5.26 Å². The highest BCUT2D eigenvalue weighted by molar-refractivity contribution is 9.11. The number of nitrogens with one attached hydrogen (secondary N) is 1. The third kappa shape index (κ3) is 3.00. The van der Waals surface area contributed by atoms with Gasteiger partial charge in [-0.15, -0.1) is 0 Å². The molecule has 0 amide bonds. The molecule has 74 valence electrons. The van der Waals surface area contributed by atoms with E-state index in [9.17, 15) is 0 Å². The first-order chi connectivity index (χ1) is 6.67. The largest absolute Gasteiger partial charge is 0.369 e. The normalized spacial score (nSPS) is 11.9. The molecule has 2 nitrogen and oxygen atoms in total. The Labute approximate surface area is 101 Å². The zero-order chi connectivity index (χ0) is 10.6. The van der Waals surface area contributed by atoms with Crippen LogP contribution in [-0.2, 0) is 0 Å². The van der Waals surface area contributed by atoms with E-state index in [0.717, 1.165) is 21.1 Å². The van der Waals surface area contributed by atoms with Gasteiger partial charge in [0.15, 0.2) is 0 Å². The van der Waals surface area contributed by atoms with E-state index < -0.39 is 0 Å². The standard InChI is InChI=1S/C10H10Br2N2/c1-2-8(6-13)14-10-4-3-7(11)5-9(10)12/h3-5,8,14H,2H2,1H3. The summed E-state index contributed by atoms with van der Waals surface area (Å²) in [7, 11) is 0. The van der Waals surface area contributed by atoms with Gasteiger partial charge < -0.3 is 5.32 Å². The predicted octanol–water partition coefficient (Wildman–Crippen LogP) is 3.93. The summed E-state index contributed by atoms with van der Waals surface area (Å²) in [4.78, 5) is 0. The highest BCUT2D eigenvalue weighted by Gasteiger charge is 2.06. The van der Waals surface area contributed by atoms with Crippen molar-refractivity contribution in [3.05, 3.63) is 27.1 Å².